The van der Waals surface area contributed by atoms with Crippen molar-refractivity contribution < 1.29 is 19.1 Å². The van der Waals surface area contributed by atoms with Crippen LogP contribution in [0.5, 0.6) is 5.75 Å². The quantitative estimate of drug-likeness (QED) is 0.289. The Labute approximate surface area is 207 Å². The highest BCUT2D eigenvalue weighted by Crippen LogP contribution is 2.60. The molecule has 2 aliphatic rings. The Morgan fingerprint density at radius 2 is 2.00 bits per heavy atom. The van der Waals surface area contributed by atoms with Gasteiger partial charge in [0.1, 0.15) is 18.0 Å². The van der Waals surface area contributed by atoms with Crippen molar-refractivity contribution in [2.75, 3.05) is 18.1 Å². The zero-order chi connectivity index (χ0) is 23.8. The molecule has 2 aromatic carbocycles. The number of benzene rings is 2. The summed E-state index contributed by atoms with van der Waals surface area (Å²) in [7, 11) is 1.58. The van der Waals surface area contributed by atoms with Crippen LogP contribution in [0.15, 0.2) is 58.6 Å². The van der Waals surface area contributed by atoms with Gasteiger partial charge in [-0.15, -0.1) is 0 Å². The first-order chi connectivity index (χ1) is 15.7. The maximum Gasteiger partial charge on any atom is 0.310 e. The van der Waals surface area contributed by atoms with Gasteiger partial charge in [-0.3, -0.25) is 9.59 Å². The maximum absolute atomic E-state index is 12.8. The number of anilines is 2. The Morgan fingerprint density at radius 1 is 1.27 bits per heavy atom. The average molecular weight is 534 g/mol. The second kappa shape index (κ2) is 9.39. The van der Waals surface area contributed by atoms with Crippen molar-refractivity contribution >= 4 is 51.0 Å². The van der Waals surface area contributed by atoms with Gasteiger partial charge in [-0.25, -0.2) is 4.42 Å². The van der Waals surface area contributed by atoms with Crippen LogP contribution in [-0.4, -0.2) is 25.5 Å². The first kappa shape index (κ1) is 23.6. The largest absolute Gasteiger partial charge is 0.495 e. The van der Waals surface area contributed by atoms with E-state index in [1.165, 1.54) is 4.42 Å². The summed E-state index contributed by atoms with van der Waals surface area (Å²) in [4.78, 5) is 24.7. The lowest BCUT2D eigenvalue weighted by atomic mass is 10.1. The molecule has 2 fully saturated rings. The summed E-state index contributed by atoms with van der Waals surface area (Å²) in [5.41, 5.74) is 2.76. The molecule has 1 aliphatic heterocycles. The molecule has 1 N–H and O–H groups in total. The Hall–Kier alpha value is -2.51. The van der Waals surface area contributed by atoms with Gasteiger partial charge in [0.05, 0.1) is 18.7 Å². The van der Waals surface area contributed by atoms with E-state index in [-0.39, 0.29) is 35.7 Å². The van der Waals surface area contributed by atoms with Gasteiger partial charge >= 0.3 is 5.97 Å². The lowest BCUT2D eigenvalue weighted by Gasteiger charge is -2.20. The summed E-state index contributed by atoms with van der Waals surface area (Å²) in [6.45, 7) is 4.84. The minimum atomic E-state index is -0.261. The van der Waals surface area contributed by atoms with Gasteiger partial charge in [0.2, 0.25) is 5.91 Å². The van der Waals surface area contributed by atoms with Crippen molar-refractivity contribution in [1.82, 2.24) is 5.32 Å². The minimum Gasteiger partial charge on any atom is -0.495 e. The minimum absolute atomic E-state index is 0.00557. The molecule has 1 heterocycles. The molecule has 6 nitrogen and oxygen atoms in total. The van der Waals surface area contributed by atoms with E-state index in [1.54, 1.807) is 13.2 Å². The van der Waals surface area contributed by atoms with Crippen molar-refractivity contribution in [1.29, 1.82) is 0 Å². The topological polar surface area (TPSA) is 67.9 Å². The smallest absolute Gasteiger partial charge is 0.310 e. The fraction of sp³-hybridized carbons (Fsp3) is 0.360. The molecule has 1 saturated heterocycles. The summed E-state index contributed by atoms with van der Waals surface area (Å²) in [6.07, 6.45) is 2.65. The number of nitrogens with zero attached hydrogens (tertiary/aromatic N) is 1. The van der Waals surface area contributed by atoms with Crippen LogP contribution < -0.4 is 14.5 Å². The molecular weight excluding hydrogens is 508 g/mol. The third kappa shape index (κ3) is 4.89. The lowest BCUT2D eigenvalue weighted by molar-refractivity contribution is -0.147. The SMILES string of the molecule is COc1ccc(COC(=O)C2C(C=C3CCNC3=O)C2(C)C)cc1N(Cl)c1ccc(Br)cc1. The van der Waals surface area contributed by atoms with E-state index in [9.17, 15) is 9.59 Å². The number of amides is 1. The number of carbonyl (C=O) groups excluding carboxylic acids is 2. The normalized spacial score (nSPS) is 22.1. The lowest BCUT2D eigenvalue weighted by Crippen LogP contribution is -2.14. The Morgan fingerprint density at radius 3 is 2.64 bits per heavy atom. The van der Waals surface area contributed by atoms with E-state index in [1.807, 2.05) is 56.3 Å². The van der Waals surface area contributed by atoms with Crippen LogP contribution in [0.2, 0.25) is 0 Å². The van der Waals surface area contributed by atoms with Crippen molar-refractivity contribution in [2.24, 2.45) is 17.3 Å². The van der Waals surface area contributed by atoms with Gasteiger partial charge in [0.25, 0.3) is 0 Å². The van der Waals surface area contributed by atoms with Gasteiger partial charge < -0.3 is 14.8 Å². The monoisotopic (exact) mass is 532 g/mol. The highest BCUT2D eigenvalue weighted by molar-refractivity contribution is 9.10. The number of ether oxygens (including phenoxy) is 2. The third-order valence-electron chi connectivity index (χ3n) is 6.41. The molecule has 4 rings (SSSR count). The molecule has 0 bridgehead atoms. The zero-order valence-corrected chi connectivity index (χ0v) is 21.1. The molecule has 1 amide bonds. The average Bonchev–Trinajstić information content (AvgIpc) is 3.10. The van der Waals surface area contributed by atoms with Crippen molar-refractivity contribution in [3.63, 3.8) is 0 Å². The van der Waals surface area contributed by atoms with E-state index in [2.05, 4.69) is 21.2 Å². The number of allylic oxidation sites excluding steroid dienone is 1. The molecule has 1 aliphatic carbocycles. The van der Waals surface area contributed by atoms with Crippen molar-refractivity contribution in [3.05, 3.63) is 64.1 Å². The molecule has 33 heavy (non-hydrogen) atoms. The molecule has 8 heteroatoms. The number of hydrogen-bond acceptors (Lipinski definition) is 5. The van der Waals surface area contributed by atoms with Crippen LogP contribution in [0, 0.1) is 17.3 Å². The summed E-state index contributed by atoms with van der Waals surface area (Å²) in [6, 6.07) is 13.1. The standard InChI is InChI=1S/C25H26BrClN2O4/c1-25(2)19(13-16-10-11-28-23(16)30)22(25)24(31)33-14-15-4-9-21(32-3)20(12-15)29(27)18-7-5-17(26)6-8-18/h4-9,12-13,19,22H,10-11,14H2,1-3H3,(H,28,30). The van der Waals surface area contributed by atoms with Crippen LogP contribution in [0.3, 0.4) is 0 Å². The van der Waals surface area contributed by atoms with E-state index in [0.717, 1.165) is 21.3 Å². The Bertz CT molecular complexity index is 1100. The van der Waals surface area contributed by atoms with Gasteiger partial charge in [0.15, 0.2) is 0 Å². The molecule has 0 spiro atoms. The van der Waals surface area contributed by atoms with E-state index in [4.69, 9.17) is 21.3 Å². The van der Waals surface area contributed by atoms with Crippen molar-refractivity contribution in [2.45, 2.75) is 26.9 Å². The molecule has 2 aromatic rings. The second-order valence-electron chi connectivity index (χ2n) is 8.89. The van der Waals surface area contributed by atoms with Crippen LogP contribution in [0.25, 0.3) is 0 Å². The predicted molar refractivity (Wildman–Crippen MR) is 131 cm³/mol. The number of nitrogens with one attached hydrogen (secondary N) is 1. The van der Waals surface area contributed by atoms with E-state index in [0.29, 0.717) is 24.4 Å². The first-order valence-corrected chi connectivity index (χ1v) is 11.9. The summed E-state index contributed by atoms with van der Waals surface area (Å²) >= 11 is 10.0. The van der Waals surface area contributed by atoms with Crippen molar-refractivity contribution in [3.8, 4) is 5.75 Å². The van der Waals surface area contributed by atoms with E-state index < -0.39 is 0 Å². The highest BCUT2D eigenvalue weighted by atomic mass is 79.9. The fourth-order valence-corrected chi connectivity index (χ4v) is 4.80. The summed E-state index contributed by atoms with van der Waals surface area (Å²) < 4.78 is 13.6. The molecular formula is C25H26BrClN2O4. The second-order valence-corrected chi connectivity index (χ2v) is 10.1. The summed E-state index contributed by atoms with van der Waals surface area (Å²) in [5.74, 6) is 0.0579. The molecule has 2 atom stereocenters. The van der Waals surface area contributed by atoms with Crippen LogP contribution in [0.1, 0.15) is 25.8 Å². The summed E-state index contributed by atoms with van der Waals surface area (Å²) in [5, 5.41) is 2.81. The Kier molecular flexibility index (Phi) is 6.73. The molecule has 174 valence electrons. The number of rotatable bonds is 7. The molecule has 1 saturated carbocycles. The van der Waals surface area contributed by atoms with Crippen LogP contribution >= 0.6 is 27.7 Å². The predicted octanol–water partition coefficient (Wildman–Crippen LogP) is 5.51. The maximum atomic E-state index is 12.8. The molecule has 0 radical (unpaired) electrons. The van der Waals surface area contributed by atoms with Gasteiger partial charge in [-0.05, 0) is 59.7 Å². The van der Waals surface area contributed by atoms with Crippen LogP contribution in [0.4, 0.5) is 11.4 Å². The van der Waals surface area contributed by atoms with Gasteiger partial charge in [0, 0.05) is 28.4 Å². The number of hydrogen-bond donors (Lipinski definition) is 1. The number of halogens is 2. The number of esters is 1. The van der Waals surface area contributed by atoms with Crippen LogP contribution in [-0.2, 0) is 20.9 Å². The molecule has 2 unspecified atom stereocenters. The zero-order valence-electron chi connectivity index (χ0n) is 18.7. The fourth-order valence-electron chi connectivity index (χ4n) is 4.29. The Balaban J connectivity index is 1.45. The van der Waals surface area contributed by atoms with Gasteiger partial charge in [-0.2, -0.15) is 0 Å². The highest BCUT2D eigenvalue weighted by Gasteiger charge is 2.61. The molecule has 0 aromatic heterocycles. The van der Waals surface area contributed by atoms with E-state index >= 15 is 0 Å². The number of carbonyl (C=O) groups is 2. The third-order valence-corrected chi connectivity index (χ3v) is 7.31. The first-order valence-electron chi connectivity index (χ1n) is 10.8. The number of methoxy groups -OCH3 is 1. The van der Waals surface area contributed by atoms with Gasteiger partial charge in [-0.1, -0.05) is 41.9 Å².